The Morgan fingerprint density at radius 1 is 0.900 bits per heavy atom. The van der Waals surface area contributed by atoms with Crippen LogP contribution >= 0.6 is 15.9 Å². The number of hydrogen-bond acceptors (Lipinski definition) is 2. The summed E-state index contributed by atoms with van der Waals surface area (Å²) in [4.78, 5) is 0. The fourth-order valence-electron chi connectivity index (χ4n) is 1.74. The van der Waals surface area contributed by atoms with Gasteiger partial charge in [0.25, 0.3) is 0 Å². The SMILES string of the molecule is NC(c1ccc(Br)cc1)c1ccc(OC(F)(F)F)cc1. The van der Waals surface area contributed by atoms with Gasteiger partial charge in [-0.15, -0.1) is 13.2 Å². The lowest BCUT2D eigenvalue weighted by atomic mass is 10.00. The third-order valence-corrected chi connectivity index (χ3v) is 3.23. The summed E-state index contributed by atoms with van der Waals surface area (Å²) in [5.74, 6) is -0.260. The van der Waals surface area contributed by atoms with Crippen LogP contribution in [0.15, 0.2) is 53.0 Å². The van der Waals surface area contributed by atoms with E-state index in [4.69, 9.17) is 5.73 Å². The predicted octanol–water partition coefficient (Wildman–Crippen LogP) is 4.40. The smallest absolute Gasteiger partial charge is 0.406 e. The first kappa shape index (κ1) is 14.9. The molecule has 1 unspecified atom stereocenters. The summed E-state index contributed by atoms with van der Waals surface area (Å²) in [5.41, 5.74) is 7.65. The van der Waals surface area contributed by atoms with Crippen molar-refractivity contribution in [3.05, 3.63) is 64.1 Å². The molecule has 0 bridgehead atoms. The second kappa shape index (κ2) is 5.85. The van der Waals surface area contributed by atoms with E-state index in [1.54, 1.807) is 0 Å². The molecule has 2 N–H and O–H groups in total. The summed E-state index contributed by atoms with van der Waals surface area (Å²) in [6.45, 7) is 0. The summed E-state index contributed by atoms with van der Waals surface area (Å²) in [6, 6.07) is 12.6. The molecule has 2 nitrogen and oxygen atoms in total. The minimum Gasteiger partial charge on any atom is -0.406 e. The van der Waals surface area contributed by atoms with Crippen molar-refractivity contribution in [1.29, 1.82) is 0 Å². The fourth-order valence-corrected chi connectivity index (χ4v) is 2.00. The lowest BCUT2D eigenvalue weighted by Crippen LogP contribution is -2.17. The summed E-state index contributed by atoms with van der Waals surface area (Å²) < 4.78 is 40.9. The molecule has 0 aliphatic rings. The fraction of sp³-hybridized carbons (Fsp3) is 0.143. The summed E-state index contributed by atoms with van der Waals surface area (Å²) in [7, 11) is 0. The van der Waals surface area contributed by atoms with Gasteiger partial charge in [-0.05, 0) is 35.4 Å². The third-order valence-electron chi connectivity index (χ3n) is 2.70. The van der Waals surface area contributed by atoms with Gasteiger partial charge in [-0.2, -0.15) is 0 Å². The molecule has 0 saturated carbocycles. The van der Waals surface area contributed by atoms with Crippen LogP contribution in [0, 0.1) is 0 Å². The number of rotatable bonds is 3. The highest BCUT2D eigenvalue weighted by atomic mass is 79.9. The van der Waals surface area contributed by atoms with E-state index in [2.05, 4.69) is 20.7 Å². The van der Waals surface area contributed by atoms with E-state index >= 15 is 0 Å². The largest absolute Gasteiger partial charge is 0.573 e. The Hall–Kier alpha value is -1.53. The molecule has 0 spiro atoms. The molecule has 106 valence electrons. The molecule has 0 fully saturated rings. The molecule has 20 heavy (non-hydrogen) atoms. The van der Waals surface area contributed by atoms with Crippen LogP contribution in [-0.2, 0) is 0 Å². The molecule has 0 radical (unpaired) electrons. The highest BCUT2D eigenvalue weighted by molar-refractivity contribution is 9.10. The van der Waals surface area contributed by atoms with E-state index in [-0.39, 0.29) is 5.75 Å². The first-order chi connectivity index (χ1) is 9.35. The lowest BCUT2D eigenvalue weighted by molar-refractivity contribution is -0.274. The third kappa shape index (κ3) is 3.98. The summed E-state index contributed by atoms with van der Waals surface area (Å²) >= 11 is 3.32. The number of benzene rings is 2. The van der Waals surface area contributed by atoms with Gasteiger partial charge in [-0.3, -0.25) is 0 Å². The molecule has 6 heteroatoms. The van der Waals surface area contributed by atoms with Gasteiger partial charge in [0.05, 0.1) is 6.04 Å². The number of ether oxygens (including phenoxy) is 1. The number of nitrogens with two attached hydrogens (primary N) is 1. The van der Waals surface area contributed by atoms with Crippen molar-refractivity contribution in [2.24, 2.45) is 5.73 Å². The second-order valence-electron chi connectivity index (χ2n) is 4.15. The van der Waals surface area contributed by atoms with Gasteiger partial charge < -0.3 is 10.5 Å². The van der Waals surface area contributed by atoms with Gasteiger partial charge >= 0.3 is 6.36 Å². The van der Waals surface area contributed by atoms with Crippen LogP contribution in [0.5, 0.6) is 5.75 Å². The summed E-state index contributed by atoms with van der Waals surface area (Å²) in [5, 5.41) is 0. The molecule has 0 aromatic heterocycles. The predicted molar refractivity (Wildman–Crippen MR) is 73.3 cm³/mol. The van der Waals surface area contributed by atoms with Crippen LogP contribution in [0.1, 0.15) is 17.2 Å². The van der Waals surface area contributed by atoms with Crippen molar-refractivity contribution in [2.45, 2.75) is 12.4 Å². The van der Waals surface area contributed by atoms with Crippen LogP contribution < -0.4 is 10.5 Å². The molecule has 0 amide bonds. The van der Waals surface area contributed by atoms with Crippen molar-refractivity contribution in [1.82, 2.24) is 0 Å². The van der Waals surface area contributed by atoms with Crippen molar-refractivity contribution in [3.63, 3.8) is 0 Å². The number of hydrogen-bond donors (Lipinski definition) is 1. The average Bonchev–Trinajstić information content (AvgIpc) is 2.38. The zero-order chi connectivity index (χ0) is 14.8. The van der Waals surface area contributed by atoms with Crippen molar-refractivity contribution >= 4 is 15.9 Å². The Bertz CT molecular complexity index is 566. The van der Waals surface area contributed by atoms with Gasteiger partial charge in [0.2, 0.25) is 0 Å². The zero-order valence-corrected chi connectivity index (χ0v) is 11.8. The van der Waals surface area contributed by atoms with E-state index in [1.807, 2.05) is 24.3 Å². The van der Waals surface area contributed by atoms with E-state index < -0.39 is 12.4 Å². The van der Waals surface area contributed by atoms with E-state index in [0.29, 0.717) is 5.56 Å². The van der Waals surface area contributed by atoms with Crippen molar-refractivity contribution in [3.8, 4) is 5.75 Å². The Labute approximate surface area is 122 Å². The maximum Gasteiger partial charge on any atom is 0.573 e. The maximum absolute atomic E-state index is 12.1. The summed E-state index contributed by atoms with van der Waals surface area (Å²) in [6.07, 6.45) is -4.69. The van der Waals surface area contributed by atoms with Crippen LogP contribution in [0.25, 0.3) is 0 Å². The molecule has 2 rings (SSSR count). The molecular weight excluding hydrogens is 335 g/mol. The van der Waals surface area contributed by atoms with E-state index in [1.165, 1.54) is 24.3 Å². The molecule has 0 aliphatic heterocycles. The van der Waals surface area contributed by atoms with E-state index in [9.17, 15) is 13.2 Å². The van der Waals surface area contributed by atoms with Crippen LogP contribution in [-0.4, -0.2) is 6.36 Å². The van der Waals surface area contributed by atoms with Crippen LogP contribution in [0.3, 0.4) is 0 Å². The first-order valence-corrected chi connectivity index (χ1v) is 6.51. The van der Waals surface area contributed by atoms with Crippen LogP contribution in [0.4, 0.5) is 13.2 Å². The van der Waals surface area contributed by atoms with E-state index in [0.717, 1.165) is 10.0 Å². The highest BCUT2D eigenvalue weighted by Crippen LogP contribution is 2.26. The monoisotopic (exact) mass is 345 g/mol. The highest BCUT2D eigenvalue weighted by Gasteiger charge is 2.31. The van der Waals surface area contributed by atoms with Gasteiger partial charge in [0.15, 0.2) is 0 Å². The molecule has 1 atom stereocenters. The first-order valence-electron chi connectivity index (χ1n) is 5.72. The van der Waals surface area contributed by atoms with Gasteiger partial charge in [0.1, 0.15) is 5.75 Å². The lowest BCUT2D eigenvalue weighted by Gasteiger charge is -2.14. The Kier molecular flexibility index (Phi) is 4.35. The molecule has 0 heterocycles. The zero-order valence-electron chi connectivity index (χ0n) is 10.2. The number of alkyl halides is 3. The maximum atomic E-state index is 12.1. The molecule has 2 aromatic rings. The normalized spacial score (nSPS) is 13.1. The topological polar surface area (TPSA) is 35.2 Å². The minimum atomic E-state index is -4.69. The number of halogens is 4. The van der Waals surface area contributed by atoms with Crippen molar-refractivity contribution in [2.75, 3.05) is 0 Å². The molecular formula is C14H11BrF3NO. The quantitative estimate of drug-likeness (QED) is 0.894. The van der Waals surface area contributed by atoms with Crippen molar-refractivity contribution < 1.29 is 17.9 Å². The van der Waals surface area contributed by atoms with Gasteiger partial charge in [0, 0.05) is 4.47 Å². The van der Waals surface area contributed by atoms with Crippen LogP contribution in [0.2, 0.25) is 0 Å². The standard InChI is InChI=1S/C14H11BrF3NO/c15-11-5-1-9(2-6-11)13(19)10-3-7-12(8-4-10)20-14(16,17)18/h1-8,13H,19H2. The Balaban J connectivity index is 2.15. The second-order valence-corrected chi connectivity index (χ2v) is 5.06. The van der Waals surface area contributed by atoms with Gasteiger partial charge in [-0.1, -0.05) is 40.2 Å². The molecule has 0 saturated heterocycles. The molecule has 2 aromatic carbocycles. The molecule has 0 aliphatic carbocycles. The minimum absolute atomic E-state index is 0.260. The average molecular weight is 346 g/mol. The Morgan fingerprint density at radius 3 is 1.80 bits per heavy atom. The Morgan fingerprint density at radius 2 is 1.35 bits per heavy atom. The van der Waals surface area contributed by atoms with Gasteiger partial charge in [-0.25, -0.2) is 0 Å².